The minimum atomic E-state index is -5.08. The molecule has 9 nitrogen and oxygen atoms in total. The number of H-pyrrole nitrogens is 1. The molecule has 2 aliphatic heterocycles. The highest BCUT2D eigenvalue weighted by Gasteiger charge is 2.65. The molecule has 222 valence electrons. The Balaban J connectivity index is 0.000000423. The Morgan fingerprint density at radius 2 is 1.67 bits per heavy atom. The number of rotatable bonds is 3. The molecule has 2 fully saturated rings. The van der Waals surface area contributed by atoms with Crippen LogP contribution in [0, 0.1) is 0 Å². The van der Waals surface area contributed by atoms with Gasteiger partial charge in [-0.2, -0.15) is 18.3 Å². The molecule has 43 heavy (non-hydrogen) atoms. The van der Waals surface area contributed by atoms with Crippen LogP contribution in [-0.2, 0) is 15.0 Å². The first-order chi connectivity index (χ1) is 20.5. The van der Waals surface area contributed by atoms with Gasteiger partial charge in [0.2, 0.25) is 5.91 Å². The second kappa shape index (κ2) is 10.5. The van der Waals surface area contributed by atoms with Crippen LogP contribution < -0.4 is 5.32 Å². The van der Waals surface area contributed by atoms with Gasteiger partial charge < -0.3 is 20.2 Å². The van der Waals surface area contributed by atoms with Gasteiger partial charge in [-0.3, -0.25) is 14.7 Å². The van der Waals surface area contributed by atoms with Crippen molar-refractivity contribution in [1.29, 1.82) is 0 Å². The summed E-state index contributed by atoms with van der Waals surface area (Å²) in [6.07, 6.45) is -4.26. The summed E-state index contributed by atoms with van der Waals surface area (Å²) < 4.78 is 31.7. The van der Waals surface area contributed by atoms with Crippen molar-refractivity contribution in [3.63, 3.8) is 0 Å². The molecule has 1 aromatic heterocycles. The second-order valence-electron chi connectivity index (χ2n) is 11.1. The Kier molecular flexibility index (Phi) is 6.96. The van der Waals surface area contributed by atoms with Gasteiger partial charge in [0.05, 0.1) is 16.6 Å². The zero-order valence-corrected chi connectivity index (χ0v) is 23.1. The predicted molar refractivity (Wildman–Crippen MR) is 153 cm³/mol. The Morgan fingerprint density at radius 3 is 2.35 bits per heavy atom. The van der Waals surface area contributed by atoms with E-state index in [0.717, 1.165) is 71.6 Å². The largest absolute Gasteiger partial charge is 0.490 e. The van der Waals surface area contributed by atoms with E-state index in [-0.39, 0.29) is 17.7 Å². The molecule has 7 rings (SSSR count). The lowest BCUT2D eigenvalue weighted by molar-refractivity contribution is -0.192. The molecule has 1 saturated heterocycles. The topological polar surface area (TPSA) is 119 Å². The normalized spacial score (nSPS) is 21.3. The van der Waals surface area contributed by atoms with Gasteiger partial charge in [-0.1, -0.05) is 42.5 Å². The standard InChI is InChI=1S/C29H27N5O2.C2HF3O2/c1-33-12-14-34(15-13-33)27(35)19-8-6-18(7-9-19)26-21-11-10-20(16-25(21)31-32-26)23-17-29(23)22-4-2-3-5-24(22)30-28(29)36;3-2(4,5)1(6)7/h2-11,16,23H,12-15,17H2,1H3,(H,30,36)(H,31,32);(H,6,7). The average molecular weight is 592 g/mol. The molecular formula is C31H28F3N5O4. The van der Waals surface area contributed by atoms with Crippen LogP contribution in [0.15, 0.2) is 66.7 Å². The maximum absolute atomic E-state index is 12.9. The van der Waals surface area contributed by atoms with Crippen LogP contribution >= 0.6 is 0 Å². The SMILES string of the molecule is CN1CCN(C(=O)c2ccc(-c3n[nH]c4cc(C5CC56C(=O)Nc5ccccc56)ccc34)cc2)CC1.O=C(O)C(F)(F)F. The number of amides is 2. The number of carboxylic acid groups (broad SMARTS) is 1. The van der Waals surface area contributed by atoms with Gasteiger partial charge in [0.15, 0.2) is 0 Å². The number of nitrogens with one attached hydrogen (secondary N) is 2. The molecule has 2 atom stereocenters. The summed E-state index contributed by atoms with van der Waals surface area (Å²) in [7, 11) is 2.08. The molecule has 1 spiro atoms. The molecule has 2 unspecified atom stereocenters. The number of nitrogens with zero attached hydrogens (tertiary/aromatic N) is 3. The van der Waals surface area contributed by atoms with Crippen molar-refractivity contribution >= 4 is 34.4 Å². The van der Waals surface area contributed by atoms with E-state index in [1.807, 2.05) is 47.4 Å². The third-order valence-electron chi connectivity index (χ3n) is 8.45. The predicted octanol–water partition coefficient (Wildman–Crippen LogP) is 4.63. The first-order valence-corrected chi connectivity index (χ1v) is 13.8. The van der Waals surface area contributed by atoms with Crippen molar-refractivity contribution in [3.05, 3.63) is 83.4 Å². The number of likely N-dealkylation sites (N-methyl/N-ethyl adjacent to an activating group) is 1. The van der Waals surface area contributed by atoms with Crippen molar-refractivity contribution in [1.82, 2.24) is 20.0 Å². The highest BCUT2D eigenvalue weighted by Crippen LogP contribution is 2.65. The molecule has 0 radical (unpaired) electrons. The highest BCUT2D eigenvalue weighted by molar-refractivity contribution is 6.10. The van der Waals surface area contributed by atoms with Gasteiger partial charge in [-0.15, -0.1) is 0 Å². The fourth-order valence-corrected chi connectivity index (χ4v) is 5.99. The third-order valence-corrected chi connectivity index (χ3v) is 8.45. The molecule has 2 amide bonds. The number of aromatic amines is 1. The van der Waals surface area contributed by atoms with E-state index < -0.39 is 17.6 Å². The van der Waals surface area contributed by atoms with Gasteiger partial charge >= 0.3 is 12.1 Å². The van der Waals surface area contributed by atoms with E-state index in [1.165, 1.54) is 0 Å². The van der Waals surface area contributed by atoms with E-state index in [1.54, 1.807) is 0 Å². The number of aromatic nitrogens is 2. The van der Waals surface area contributed by atoms with Crippen LogP contribution in [0.2, 0.25) is 0 Å². The van der Waals surface area contributed by atoms with Gasteiger partial charge in [-0.25, -0.2) is 4.79 Å². The van der Waals surface area contributed by atoms with Crippen LogP contribution in [0.4, 0.5) is 18.9 Å². The third kappa shape index (κ3) is 5.11. The average Bonchev–Trinajstić information content (AvgIpc) is 3.51. The van der Waals surface area contributed by atoms with Crippen LogP contribution in [-0.4, -0.2) is 82.3 Å². The van der Waals surface area contributed by atoms with Crippen LogP contribution in [0.25, 0.3) is 22.2 Å². The van der Waals surface area contributed by atoms with Crippen molar-refractivity contribution < 1.29 is 32.7 Å². The molecule has 3 aromatic carbocycles. The summed E-state index contributed by atoms with van der Waals surface area (Å²) in [5.41, 5.74) is 6.24. The van der Waals surface area contributed by atoms with Gasteiger partial charge in [0.1, 0.15) is 0 Å². The molecule has 3 heterocycles. The Labute approximate surface area is 244 Å². The summed E-state index contributed by atoms with van der Waals surface area (Å²) in [5, 5.41) is 19.0. The number of alkyl halides is 3. The lowest BCUT2D eigenvalue weighted by Crippen LogP contribution is -2.47. The number of piperazine rings is 1. The van der Waals surface area contributed by atoms with Gasteiger partial charge in [0, 0.05) is 54.3 Å². The maximum atomic E-state index is 12.9. The molecule has 3 N–H and O–H groups in total. The molecule has 3 aliphatic rings. The Bertz CT molecular complexity index is 1730. The van der Waals surface area contributed by atoms with Crippen LogP contribution in [0.3, 0.4) is 0 Å². The molecule has 0 bridgehead atoms. The molecule has 1 saturated carbocycles. The van der Waals surface area contributed by atoms with Crippen LogP contribution in [0.5, 0.6) is 0 Å². The molecule has 1 aliphatic carbocycles. The Hall–Kier alpha value is -4.71. The Morgan fingerprint density at radius 1 is 1.00 bits per heavy atom. The fourth-order valence-electron chi connectivity index (χ4n) is 5.99. The zero-order chi connectivity index (χ0) is 30.5. The minimum Gasteiger partial charge on any atom is -0.475 e. The number of aliphatic carboxylic acids is 1. The summed E-state index contributed by atoms with van der Waals surface area (Å²) in [6.45, 7) is 3.34. The number of carbonyl (C=O) groups is 3. The lowest BCUT2D eigenvalue weighted by atomic mass is 9.91. The van der Waals surface area contributed by atoms with Crippen molar-refractivity contribution in [2.45, 2.75) is 23.9 Å². The van der Waals surface area contributed by atoms with E-state index in [2.05, 4.69) is 51.7 Å². The quantitative estimate of drug-likeness (QED) is 0.320. The number of fused-ring (bicyclic) bond motifs is 3. The number of benzene rings is 3. The van der Waals surface area contributed by atoms with Gasteiger partial charge in [-0.05, 0) is 48.9 Å². The number of carboxylic acids is 1. The lowest BCUT2D eigenvalue weighted by Gasteiger charge is -2.32. The van der Waals surface area contributed by atoms with E-state index in [0.29, 0.717) is 5.56 Å². The van der Waals surface area contributed by atoms with E-state index in [9.17, 15) is 22.8 Å². The summed E-state index contributed by atoms with van der Waals surface area (Å²) in [4.78, 5) is 38.8. The van der Waals surface area contributed by atoms with Gasteiger partial charge in [0.25, 0.3) is 5.91 Å². The fraction of sp³-hybridized carbons (Fsp3) is 0.290. The number of hydrogen-bond donors (Lipinski definition) is 3. The first-order valence-electron chi connectivity index (χ1n) is 13.8. The smallest absolute Gasteiger partial charge is 0.475 e. The summed E-state index contributed by atoms with van der Waals surface area (Å²) >= 11 is 0. The number of hydrogen-bond acceptors (Lipinski definition) is 5. The minimum absolute atomic E-state index is 0.0852. The van der Waals surface area contributed by atoms with E-state index in [4.69, 9.17) is 9.90 Å². The second-order valence-corrected chi connectivity index (χ2v) is 11.1. The number of para-hydroxylation sites is 1. The summed E-state index contributed by atoms with van der Waals surface area (Å²) in [6, 6.07) is 22.1. The first kappa shape index (κ1) is 28.4. The summed E-state index contributed by atoms with van der Waals surface area (Å²) in [5.74, 6) is -2.41. The van der Waals surface area contributed by atoms with Crippen molar-refractivity contribution in [2.24, 2.45) is 0 Å². The number of halogens is 3. The molecule has 12 heteroatoms. The monoisotopic (exact) mass is 591 g/mol. The maximum Gasteiger partial charge on any atom is 0.490 e. The number of anilines is 1. The van der Waals surface area contributed by atoms with Crippen molar-refractivity contribution in [3.8, 4) is 11.3 Å². The molecule has 4 aromatic rings. The van der Waals surface area contributed by atoms with E-state index >= 15 is 0 Å². The molecular weight excluding hydrogens is 563 g/mol. The highest BCUT2D eigenvalue weighted by atomic mass is 19.4. The van der Waals surface area contributed by atoms with Crippen LogP contribution in [0.1, 0.15) is 33.8 Å². The zero-order valence-electron chi connectivity index (χ0n) is 23.1. The van der Waals surface area contributed by atoms with Crippen molar-refractivity contribution in [2.75, 3.05) is 38.5 Å². The number of carbonyl (C=O) groups excluding carboxylic acids is 2.